The second kappa shape index (κ2) is 4.76. The van der Waals surface area contributed by atoms with Gasteiger partial charge in [0.1, 0.15) is 0 Å². The number of nitrogens with one attached hydrogen (secondary N) is 2. The molecule has 0 fully saturated rings. The number of rotatable bonds is 1. The van der Waals surface area contributed by atoms with Crippen LogP contribution in [0.5, 0.6) is 0 Å². The van der Waals surface area contributed by atoms with E-state index in [9.17, 15) is 5.26 Å². The monoisotopic (exact) mass is 273 g/mol. The highest BCUT2D eigenvalue weighted by Crippen LogP contribution is 2.31. The molecule has 0 radical (unpaired) electrons. The number of nitriles is 1. The third-order valence-electron chi connectivity index (χ3n) is 4.21. The van der Waals surface area contributed by atoms with Crippen LogP contribution in [0.2, 0.25) is 0 Å². The van der Waals surface area contributed by atoms with E-state index in [-0.39, 0.29) is 0 Å². The van der Waals surface area contributed by atoms with Gasteiger partial charge in [-0.15, -0.1) is 0 Å². The minimum atomic E-state index is 0.722. The van der Waals surface area contributed by atoms with Gasteiger partial charge in [-0.25, -0.2) is 0 Å². The molecule has 1 aliphatic heterocycles. The first-order valence-electron chi connectivity index (χ1n) is 7.20. The fraction of sp³-hybridized carbons (Fsp3) is 0.167. The van der Waals surface area contributed by atoms with E-state index in [1.165, 1.54) is 22.2 Å². The number of aromatic amines is 1. The van der Waals surface area contributed by atoms with Gasteiger partial charge in [0.25, 0.3) is 0 Å². The van der Waals surface area contributed by atoms with Gasteiger partial charge in [-0.2, -0.15) is 5.26 Å². The Labute approximate surface area is 123 Å². The predicted octanol–water partition coefficient (Wildman–Crippen LogP) is 3.35. The highest BCUT2D eigenvalue weighted by atomic mass is 14.9. The molecule has 0 amide bonds. The highest BCUT2D eigenvalue weighted by molar-refractivity contribution is 5.90. The molecule has 0 atom stereocenters. The van der Waals surface area contributed by atoms with Crippen LogP contribution in [-0.2, 0) is 13.0 Å². The number of benzene rings is 2. The SMILES string of the molecule is N#Cc1ccccc1-c1ccc2[nH]c3c(c2c1)CNCC3. The van der Waals surface area contributed by atoms with Crippen molar-refractivity contribution >= 4 is 10.9 Å². The minimum absolute atomic E-state index is 0.722. The van der Waals surface area contributed by atoms with Gasteiger partial charge in [-0.1, -0.05) is 24.3 Å². The molecule has 4 rings (SSSR count). The third kappa shape index (κ3) is 1.93. The lowest BCUT2D eigenvalue weighted by Gasteiger charge is -2.12. The summed E-state index contributed by atoms with van der Waals surface area (Å²) in [5.74, 6) is 0. The molecule has 0 spiro atoms. The number of nitrogens with zero attached hydrogens (tertiary/aromatic N) is 1. The van der Waals surface area contributed by atoms with Gasteiger partial charge in [0, 0.05) is 36.1 Å². The van der Waals surface area contributed by atoms with Crippen molar-refractivity contribution in [2.75, 3.05) is 6.54 Å². The Hall–Kier alpha value is -2.57. The lowest BCUT2D eigenvalue weighted by molar-refractivity contribution is 0.641. The van der Waals surface area contributed by atoms with Crippen molar-refractivity contribution < 1.29 is 0 Å². The van der Waals surface area contributed by atoms with Crippen LogP contribution in [0.1, 0.15) is 16.8 Å². The molecule has 3 aromatic rings. The van der Waals surface area contributed by atoms with Crippen molar-refractivity contribution in [3.63, 3.8) is 0 Å². The summed E-state index contributed by atoms with van der Waals surface area (Å²) >= 11 is 0. The largest absolute Gasteiger partial charge is 0.358 e. The van der Waals surface area contributed by atoms with Crippen LogP contribution < -0.4 is 5.32 Å². The number of fused-ring (bicyclic) bond motifs is 3. The van der Waals surface area contributed by atoms with Crippen molar-refractivity contribution in [1.29, 1.82) is 5.26 Å². The van der Waals surface area contributed by atoms with Crippen LogP contribution in [0.15, 0.2) is 42.5 Å². The second-order valence-corrected chi connectivity index (χ2v) is 5.43. The fourth-order valence-corrected chi connectivity index (χ4v) is 3.15. The zero-order valence-corrected chi connectivity index (χ0v) is 11.6. The van der Waals surface area contributed by atoms with Crippen LogP contribution in [0, 0.1) is 11.3 Å². The van der Waals surface area contributed by atoms with Crippen LogP contribution in [-0.4, -0.2) is 11.5 Å². The first-order chi connectivity index (χ1) is 10.4. The summed E-state index contributed by atoms with van der Waals surface area (Å²) in [5, 5.41) is 14.0. The molecule has 0 saturated carbocycles. The third-order valence-corrected chi connectivity index (χ3v) is 4.21. The van der Waals surface area contributed by atoms with E-state index in [0.29, 0.717) is 0 Å². The van der Waals surface area contributed by atoms with Gasteiger partial charge in [-0.3, -0.25) is 0 Å². The predicted molar refractivity (Wildman–Crippen MR) is 83.9 cm³/mol. The molecule has 2 heterocycles. The van der Waals surface area contributed by atoms with E-state index < -0.39 is 0 Å². The molecule has 0 bridgehead atoms. The Kier molecular flexibility index (Phi) is 2.77. The van der Waals surface area contributed by atoms with Crippen molar-refractivity contribution in [1.82, 2.24) is 10.3 Å². The Morgan fingerprint density at radius 3 is 2.90 bits per heavy atom. The van der Waals surface area contributed by atoms with Crippen LogP contribution in [0.4, 0.5) is 0 Å². The number of hydrogen-bond donors (Lipinski definition) is 2. The number of hydrogen-bond acceptors (Lipinski definition) is 2. The molecular weight excluding hydrogens is 258 g/mol. The van der Waals surface area contributed by atoms with Gasteiger partial charge in [0.05, 0.1) is 11.6 Å². The Morgan fingerprint density at radius 2 is 2.00 bits per heavy atom. The van der Waals surface area contributed by atoms with E-state index in [1.807, 2.05) is 24.3 Å². The molecule has 3 nitrogen and oxygen atoms in total. The van der Waals surface area contributed by atoms with Gasteiger partial charge in [0.2, 0.25) is 0 Å². The van der Waals surface area contributed by atoms with Crippen LogP contribution >= 0.6 is 0 Å². The summed E-state index contributed by atoms with van der Waals surface area (Å²) in [6, 6.07) is 16.5. The average Bonchev–Trinajstić information content (AvgIpc) is 2.92. The zero-order valence-electron chi connectivity index (χ0n) is 11.6. The first-order valence-corrected chi connectivity index (χ1v) is 7.20. The molecule has 1 aliphatic rings. The van der Waals surface area contributed by atoms with Crippen molar-refractivity contribution in [3.05, 3.63) is 59.3 Å². The molecular formula is C18H15N3. The van der Waals surface area contributed by atoms with Gasteiger partial charge < -0.3 is 10.3 Å². The van der Waals surface area contributed by atoms with Crippen molar-refractivity contribution in [2.24, 2.45) is 0 Å². The number of aromatic nitrogens is 1. The fourth-order valence-electron chi connectivity index (χ4n) is 3.15. The quantitative estimate of drug-likeness (QED) is 0.714. The molecule has 21 heavy (non-hydrogen) atoms. The van der Waals surface area contributed by atoms with Crippen molar-refractivity contribution in [2.45, 2.75) is 13.0 Å². The van der Waals surface area contributed by atoms with E-state index in [1.54, 1.807) is 0 Å². The zero-order chi connectivity index (χ0) is 14.2. The minimum Gasteiger partial charge on any atom is -0.358 e. The van der Waals surface area contributed by atoms with Gasteiger partial charge >= 0.3 is 0 Å². The van der Waals surface area contributed by atoms with E-state index in [2.05, 4.69) is 34.6 Å². The molecule has 2 aromatic carbocycles. The van der Waals surface area contributed by atoms with E-state index in [0.717, 1.165) is 36.2 Å². The normalized spacial score (nSPS) is 13.9. The Balaban J connectivity index is 1.93. The van der Waals surface area contributed by atoms with Gasteiger partial charge in [0.15, 0.2) is 0 Å². The van der Waals surface area contributed by atoms with Crippen molar-refractivity contribution in [3.8, 4) is 17.2 Å². The maximum atomic E-state index is 9.28. The average molecular weight is 273 g/mol. The summed E-state index contributed by atoms with van der Waals surface area (Å²) < 4.78 is 0. The summed E-state index contributed by atoms with van der Waals surface area (Å²) in [4.78, 5) is 3.52. The standard InChI is InChI=1S/C18H15N3/c19-10-13-3-1-2-4-14(13)12-5-6-17-15(9-12)16-11-20-8-7-18(16)21-17/h1-6,9,20-21H,7-8,11H2. The second-order valence-electron chi connectivity index (χ2n) is 5.43. The van der Waals surface area contributed by atoms with Gasteiger partial charge in [-0.05, 0) is 34.9 Å². The molecule has 0 unspecified atom stereocenters. The Morgan fingerprint density at radius 1 is 1.10 bits per heavy atom. The molecule has 2 N–H and O–H groups in total. The maximum absolute atomic E-state index is 9.28. The summed E-state index contributed by atoms with van der Waals surface area (Å²) in [5.41, 5.74) is 6.72. The smallest absolute Gasteiger partial charge is 0.0998 e. The maximum Gasteiger partial charge on any atom is 0.0998 e. The molecule has 1 aromatic heterocycles. The first kappa shape index (κ1) is 12.2. The lowest BCUT2D eigenvalue weighted by atomic mass is 9.97. The number of H-pyrrole nitrogens is 1. The van der Waals surface area contributed by atoms with Crippen LogP contribution in [0.3, 0.4) is 0 Å². The van der Waals surface area contributed by atoms with E-state index in [4.69, 9.17) is 0 Å². The summed E-state index contributed by atoms with van der Waals surface area (Å²) in [6.45, 7) is 1.95. The molecule has 0 aliphatic carbocycles. The Bertz CT molecular complexity index is 868. The van der Waals surface area contributed by atoms with Crippen LogP contribution in [0.25, 0.3) is 22.0 Å². The molecule has 102 valence electrons. The highest BCUT2D eigenvalue weighted by Gasteiger charge is 2.15. The lowest BCUT2D eigenvalue weighted by Crippen LogP contribution is -2.22. The molecule has 3 heteroatoms. The molecule has 0 saturated heterocycles. The summed E-state index contributed by atoms with van der Waals surface area (Å²) in [7, 11) is 0. The summed E-state index contributed by atoms with van der Waals surface area (Å²) in [6.07, 6.45) is 1.05. The van der Waals surface area contributed by atoms with E-state index >= 15 is 0 Å². The topological polar surface area (TPSA) is 51.6 Å².